The fourth-order valence-electron chi connectivity index (χ4n) is 3.60. The molecule has 5 heteroatoms. The third kappa shape index (κ3) is 4.15. The number of fused-ring (bicyclic) bond motifs is 1. The summed E-state index contributed by atoms with van der Waals surface area (Å²) in [7, 11) is 0. The first-order valence-corrected chi connectivity index (χ1v) is 11.4. The maximum atomic E-state index is 13.6. The predicted molar refractivity (Wildman–Crippen MR) is 133 cm³/mol. The average Bonchev–Trinajstić information content (AvgIpc) is 3.29. The van der Waals surface area contributed by atoms with Crippen LogP contribution in [0.5, 0.6) is 0 Å². The first kappa shape index (κ1) is 20.4. The standard InChI is InChI=1S/C27H19ClN2OS/c28-23-12-7-13-24-25(23)29-27(32-24)30(18-19-8-3-1-4-9-19)26(31)22-16-14-21(15-17-22)20-10-5-2-6-11-20/h1-17H,18H2. The maximum Gasteiger partial charge on any atom is 0.260 e. The highest BCUT2D eigenvalue weighted by molar-refractivity contribution is 7.22. The Bertz CT molecular complexity index is 1370. The van der Waals surface area contributed by atoms with Gasteiger partial charge in [0, 0.05) is 5.56 Å². The van der Waals surface area contributed by atoms with Crippen molar-refractivity contribution in [2.45, 2.75) is 6.54 Å². The lowest BCUT2D eigenvalue weighted by Gasteiger charge is -2.20. The van der Waals surface area contributed by atoms with Gasteiger partial charge in [-0.3, -0.25) is 9.69 Å². The first-order chi connectivity index (χ1) is 15.7. The molecule has 0 unspecified atom stereocenters. The van der Waals surface area contributed by atoms with E-state index in [1.54, 1.807) is 4.90 Å². The average molecular weight is 455 g/mol. The van der Waals surface area contributed by atoms with Crippen LogP contribution in [0.4, 0.5) is 5.13 Å². The van der Waals surface area contributed by atoms with Crippen molar-refractivity contribution in [3.8, 4) is 11.1 Å². The van der Waals surface area contributed by atoms with E-state index >= 15 is 0 Å². The third-order valence-electron chi connectivity index (χ3n) is 5.26. The van der Waals surface area contributed by atoms with E-state index in [4.69, 9.17) is 16.6 Å². The fraction of sp³-hybridized carbons (Fsp3) is 0.0370. The Morgan fingerprint density at radius 2 is 1.44 bits per heavy atom. The van der Waals surface area contributed by atoms with E-state index in [2.05, 4.69) is 12.1 Å². The van der Waals surface area contributed by atoms with Crippen molar-refractivity contribution >= 4 is 44.2 Å². The van der Waals surface area contributed by atoms with Gasteiger partial charge in [-0.05, 0) is 41.0 Å². The number of thiazole rings is 1. The normalized spacial score (nSPS) is 10.9. The number of hydrogen-bond acceptors (Lipinski definition) is 3. The van der Waals surface area contributed by atoms with Crippen LogP contribution >= 0.6 is 22.9 Å². The van der Waals surface area contributed by atoms with Crippen LogP contribution < -0.4 is 4.90 Å². The summed E-state index contributed by atoms with van der Waals surface area (Å²) in [5, 5.41) is 1.22. The number of benzene rings is 4. The minimum Gasteiger partial charge on any atom is -0.279 e. The van der Waals surface area contributed by atoms with Crippen molar-refractivity contribution in [3.63, 3.8) is 0 Å². The van der Waals surface area contributed by atoms with Gasteiger partial charge in [0.15, 0.2) is 5.13 Å². The molecule has 0 saturated heterocycles. The van der Waals surface area contributed by atoms with E-state index in [1.165, 1.54) is 11.3 Å². The van der Waals surface area contributed by atoms with E-state index in [-0.39, 0.29) is 5.91 Å². The van der Waals surface area contributed by atoms with Gasteiger partial charge in [0.2, 0.25) is 0 Å². The van der Waals surface area contributed by atoms with Crippen LogP contribution in [0.15, 0.2) is 103 Å². The van der Waals surface area contributed by atoms with Crippen molar-refractivity contribution in [3.05, 3.63) is 119 Å². The van der Waals surface area contributed by atoms with Gasteiger partial charge in [-0.2, -0.15) is 0 Å². The molecule has 5 rings (SSSR count). The van der Waals surface area contributed by atoms with E-state index in [1.807, 2.05) is 91.0 Å². The van der Waals surface area contributed by atoms with Gasteiger partial charge in [-0.15, -0.1) is 0 Å². The van der Waals surface area contributed by atoms with Crippen LogP contribution in [0.2, 0.25) is 5.02 Å². The van der Waals surface area contributed by atoms with Crippen LogP contribution in [0.25, 0.3) is 21.3 Å². The number of carbonyl (C=O) groups is 1. The number of amides is 1. The quantitative estimate of drug-likeness (QED) is 0.276. The molecule has 0 atom stereocenters. The maximum absolute atomic E-state index is 13.6. The second-order valence-electron chi connectivity index (χ2n) is 7.40. The molecule has 0 N–H and O–H groups in total. The van der Waals surface area contributed by atoms with E-state index < -0.39 is 0 Å². The van der Waals surface area contributed by atoms with Gasteiger partial charge in [0.1, 0.15) is 5.52 Å². The van der Waals surface area contributed by atoms with Crippen LogP contribution in [0, 0.1) is 0 Å². The zero-order chi connectivity index (χ0) is 21.9. The number of rotatable bonds is 5. The lowest BCUT2D eigenvalue weighted by Crippen LogP contribution is -2.30. The van der Waals surface area contributed by atoms with Crippen LogP contribution in [0.3, 0.4) is 0 Å². The largest absolute Gasteiger partial charge is 0.279 e. The SMILES string of the molecule is O=C(c1ccc(-c2ccccc2)cc1)N(Cc1ccccc1)c1nc2c(Cl)cccc2s1. The molecule has 0 fully saturated rings. The lowest BCUT2D eigenvalue weighted by atomic mass is 10.0. The van der Waals surface area contributed by atoms with Gasteiger partial charge in [-0.1, -0.05) is 102 Å². The number of para-hydroxylation sites is 1. The molecule has 0 bridgehead atoms. The third-order valence-corrected chi connectivity index (χ3v) is 6.61. The summed E-state index contributed by atoms with van der Waals surface area (Å²) in [6, 6.07) is 33.5. The topological polar surface area (TPSA) is 33.2 Å². The van der Waals surface area contributed by atoms with Gasteiger partial charge in [0.25, 0.3) is 5.91 Å². The van der Waals surface area contributed by atoms with Crippen LogP contribution in [-0.2, 0) is 6.54 Å². The molecule has 0 saturated carbocycles. The Hall–Kier alpha value is -3.47. The monoisotopic (exact) mass is 454 g/mol. The molecule has 3 nitrogen and oxygen atoms in total. The Morgan fingerprint density at radius 1 is 0.781 bits per heavy atom. The highest BCUT2D eigenvalue weighted by Gasteiger charge is 2.22. The van der Waals surface area contributed by atoms with Crippen molar-refractivity contribution in [1.29, 1.82) is 0 Å². The molecule has 0 aliphatic carbocycles. The highest BCUT2D eigenvalue weighted by atomic mass is 35.5. The molecule has 156 valence electrons. The summed E-state index contributed by atoms with van der Waals surface area (Å²) < 4.78 is 0.956. The molecule has 0 aliphatic rings. The molecule has 1 aromatic heterocycles. The van der Waals surface area contributed by atoms with Crippen molar-refractivity contribution < 1.29 is 4.79 Å². The number of aromatic nitrogens is 1. The van der Waals surface area contributed by atoms with Crippen molar-refractivity contribution in [2.24, 2.45) is 0 Å². The van der Waals surface area contributed by atoms with Crippen LogP contribution in [-0.4, -0.2) is 10.9 Å². The van der Waals surface area contributed by atoms with E-state index in [0.29, 0.717) is 22.3 Å². The van der Waals surface area contributed by atoms with E-state index in [0.717, 1.165) is 26.9 Å². The number of nitrogens with zero attached hydrogens (tertiary/aromatic N) is 2. The fourth-order valence-corrected chi connectivity index (χ4v) is 4.87. The van der Waals surface area contributed by atoms with Gasteiger partial charge >= 0.3 is 0 Å². The zero-order valence-electron chi connectivity index (χ0n) is 17.1. The van der Waals surface area contributed by atoms with Gasteiger partial charge in [-0.25, -0.2) is 4.98 Å². The molecule has 0 radical (unpaired) electrons. The molecule has 0 spiro atoms. The Kier molecular flexibility index (Phi) is 5.71. The number of anilines is 1. The summed E-state index contributed by atoms with van der Waals surface area (Å²) in [4.78, 5) is 20.1. The first-order valence-electron chi connectivity index (χ1n) is 10.3. The summed E-state index contributed by atoms with van der Waals surface area (Å²) in [5.74, 6) is -0.0938. The molecule has 0 aliphatic heterocycles. The summed E-state index contributed by atoms with van der Waals surface area (Å²) >= 11 is 7.82. The second kappa shape index (κ2) is 8.95. The molecule has 1 heterocycles. The Balaban J connectivity index is 1.52. The molecule has 32 heavy (non-hydrogen) atoms. The molecular formula is C27H19ClN2OS. The lowest BCUT2D eigenvalue weighted by molar-refractivity contribution is 0.0985. The summed E-state index contributed by atoms with van der Waals surface area (Å²) in [6.07, 6.45) is 0. The Labute approximate surface area is 195 Å². The van der Waals surface area contributed by atoms with Gasteiger partial charge in [0.05, 0.1) is 16.3 Å². The smallest absolute Gasteiger partial charge is 0.260 e. The van der Waals surface area contributed by atoms with Crippen LogP contribution in [0.1, 0.15) is 15.9 Å². The Morgan fingerprint density at radius 3 is 2.12 bits per heavy atom. The molecular weight excluding hydrogens is 436 g/mol. The summed E-state index contributed by atoms with van der Waals surface area (Å²) in [5.41, 5.74) is 4.56. The molecule has 4 aromatic carbocycles. The zero-order valence-corrected chi connectivity index (χ0v) is 18.7. The van der Waals surface area contributed by atoms with Crippen molar-refractivity contribution in [1.82, 2.24) is 4.98 Å². The predicted octanol–water partition coefficient (Wildman–Crippen LogP) is 7.46. The minimum absolute atomic E-state index is 0.0938. The minimum atomic E-state index is -0.0938. The molecule has 1 amide bonds. The second-order valence-corrected chi connectivity index (χ2v) is 8.82. The number of hydrogen-bond donors (Lipinski definition) is 0. The van der Waals surface area contributed by atoms with Gasteiger partial charge < -0.3 is 0 Å². The summed E-state index contributed by atoms with van der Waals surface area (Å²) in [6.45, 7) is 0.428. The number of carbonyl (C=O) groups excluding carboxylic acids is 1. The molecule has 5 aromatic rings. The number of halogens is 1. The van der Waals surface area contributed by atoms with Crippen molar-refractivity contribution in [2.75, 3.05) is 4.90 Å². The van der Waals surface area contributed by atoms with E-state index in [9.17, 15) is 4.79 Å². The highest BCUT2D eigenvalue weighted by Crippen LogP contribution is 2.34.